The molecule has 0 aliphatic heterocycles. The fourth-order valence-electron chi connectivity index (χ4n) is 1.85. The molecule has 0 heterocycles. The topological polar surface area (TPSA) is 47.6 Å². The number of hydrogen-bond donors (Lipinski definition) is 1. The second kappa shape index (κ2) is 7.29. The molecule has 0 saturated carbocycles. The van der Waals surface area contributed by atoms with Gasteiger partial charge in [-0.3, -0.25) is 4.79 Å². The fraction of sp³-hybridized carbons (Fsp3) is 0.562. The van der Waals surface area contributed by atoms with Crippen molar-refractivity contribution >= 4 is 5.97 Å². The Morgan fingerprint density at radius 1 is 1.35 bits per heavy atom. The quantitative estimate of drug-likeness (QED) is 0.779. The molecule has 20 heavy (non-hydrogen) atoms. The van der Waals surface area contributed by atoms with Crippen molar-refractivity contribution < 1.29 is 14.3 Å². The molecule has 0 fully saturated rings. The molecule has 112 valence electrons. The van der Waals surface area contributed by atoms with E-state index >= 15 is 0 Å². The zero-order chi connectivity index (χ0) is 15.2. The van der Waals surface area contributed by atoms with Gasteiger partial charge < -0.3 is 14.8 Å². The van der Waals surface area contributed by atoms with E-state index in [9.17, 15) is 4.79 Å². The first-order valence-corrected chi connectivity index (χ1v) is 6.99. The van der Waals surface area contributed by atoms with Gasteiger partial charge in [-0.05, 0) is 51.9 Å². The number of aryl methyl sites for hydroxylation is 2. The lowest BCUT2D eigenvalue weighted by atomic mass is 9.99. The van der Waals surface area contributed by atoms with E-state index in [-0.39, 0.29) is 5.97 Å². The van der Waals surface area contributed by atoms with Gasteiger partial charge in [0.25, 0.3) is 0 Å². The van der Waals surface area contributed by atoms with Gasteiger partial charge in [0.2, 0.25) is 0 Å². The van der Waals surface area contributed by atoms with Gasteiger partial charge >= 0.3 is 5.97 Å². The maximum absolute atomic E-state index is 11.9. The van der Waals surface area contributed by atoms with Gasteiger partial charge in [0.15, 0.2) is 0 Å². The Hall–Kier alpha value is -1.55. The third-order valence-corrected chi connectivity index (χ3v) is 3.48. The minimum Gasteiger partial charge on any atom is -0.493 e. The summed E-state index contributed by atoms with van der Waals surface area (Å²) in [4.78, 5) is 11.9. The lowest BCUT2D eigenvalue weighted by Gasteiger charge is -2.26. The molecule has 0 spiro atoms. The van der Waals surface area contributed by atoms with Gasteiger partial charge in [-0.1, -0.05) is 12.1 Å². The smallest absolute Gasteiger partial charge is 0.326 e. The minimum atomic E-state index is -0.715. The summed E-state index contributed by atoms with van der Waals surface area (Å²) >= 11 is 0. The second-order valence-electron chi connectivity index (χ2n) is 5.17. The Morgan fingerprint density at radius 2 is 2.05 bits per heavy atom. The van der Waals surface area contributed by atoms with E-state index in [4.69, 9.17) is 9.47 Å². The summed E-state index contributed by atoms with van der Waals surface area (Å²) < 4.78 is 10.9. The molecule has 0 radical (unpaired) electrons. The number of esters is 1. The number of hydrogen-bond acceptors (Lipinski definition) is 4. The molecule has 4 heteroatoms. The van der Waals surface area contributed by atoms with E-state index in [0.717, 1.165) is 16.9 Å². The third kappa shape index (κ3) is 4.23. The predicted octanol–water partition coefficient (Wildman–Crippen LogP) is 2.61. The Balaban J connectivity index is 2.61. The average molecular weight is 279 g/mol. The molecule has 0 amide bonds. The van der Waals surface area contributed by atoms with E-state index in [1.807, 2.05) is 32.9 Å². The van der Waals surface area contributed by atoms with E-state index in [1.54, 1.807) is 14.0 Å². The largest absolute Gasteiger partial charge is 0.493 e. The van der Waals surface area contributed by atoms with E-state index in [1.165, 1.54) is 0 Å². The Labute approximate surface area is 121 Å². The van der Waals surface area contributed by atoms with Crippen LogP contribution in [0.2, 0.25) is 0 Å². The maximum atomic E-state index is 11.9. The van der Waals surface area contributed by atoms with Crippen LogP contribution in [-0.4, -0.2) is 31.8 Å². The van der Waals surface area contributed by atoms with Gasteiger partial charge in [0, 0.05) is 6.42 Å². The highest BCUT2D eigenvalue weighted by Gasteiger charge is 2.32. The molecule has 0 bridgehead atoms. The van der Waals surface area contributed by atoms with Crippen molar-refractivity contribution in [3.8, 4) is 5.75 Å². The first-order chi connectivity index (χ1) is 9.42. The number of carbonyl (C=O) groups is 1. The van der Waals surface area contributed by atoms with Crippen LogP contribution in [0.3, 0.4) is 0 Å². The van der Waals surface area contributed by atoms with Gasteiger partial charge in [0.1, 0.15) is 11.3 Å². The zero-order valence-corrected chi connectivity index (χ0v) is 13.1. The van der Waals surface area contributed by atoms with Crippen LogP contribution in [0.25, 0.3) is 0 Å². The molecule has 1 atom stereocenters. The van der Waals surface area contributed by atoms with Crippen LogP contribution in [-0.2, 0) is 9.53 Å². The monoisotopic (exact) mass is 279 g/mol. The molecule has 0 aliphatic rings. The van der Waals surface area contributed by atoms with Crippen molar-refractivity contribution in [1.82, 2.24) is 5.32 Å². The van der Waals surface area contributed by atoms with Crippen LogP contribution in [0.4, 0.5) is 0 Å². The molecule has 4 nitrogen and oxygen atoms in total. The van der Waals surface area contributed by atoms with Gasteiger partial charge in [-0.25, -0.2) is 0 Å². The number of ether oxygens (including phenoxy) is 2. The Bertz CT molecular complexity index is 459. The normalized spacial score (nSPS) is 13.7. The number of carbonyl (C=O) groups excluding carboxylic acids is 1. The first kappa shape index (κ1) is 16.5. The average Bonchev–Trinajstić information content (AvgIpc) is 2.42. The summed E-state index contributed by atoms with van der Waals surface area (Å²) in [5, 5.41) is 3.02. The zero-order valence-electron chi connectivity index (χ0n) is 13.1. The molecule has 1 N–H and O–H groups in total. The lowest BCUT2D eigenvalue weighted by Crippen LogP contribution is -2.49. The summed E-state index contributed by atoms with van der Waals surface area (Å²) in [7, 11) is 1.76. The van der Waals surface area contributed by atoms with Crippen LogP contribution in [0, 0.1) is 13.8 Å². The van der Waals surface area contributed by atoms with Gasteiger partial charge in [0.05, 0.1) is 13.2 Å². The van der Waals surface area contributed by atoms with E-state index in [2.05, 4.69) is 11.4 Å². The first-order valence-electron chi connectivity index (χ1n) is 6.99. The maximum Gasteiger partial charge on any atom is 0.326 e. The minimum absolute atomic E-state index is 0.243. The summed E-state index contributed by atoms with van der Waals surface area (Å²) in [5.41, 5.74) is 1.54. The number of benzene rings is 1. The van der Waals surface area contributed by atoms with Crippen molar-refractivity contribution in [2.75, 3.05) is 20.3 Å². The molecule has 1 aromatic carbocycles. The van der Waals surface area contributed by atoms with Crippen LogP contribution in [0.15, 0.2) is 18.2 Å². The van der Waals surface area contributed by atoms with Crippen LogP contribution in [0.5, 0.6) is 5.75 Å². The molecular weight excluding hydrogens is 254 g/mol. The van der Waals surface area contributed by atoms with Gasteiger partial charge in [-0.2, -0.15) is 0 Å². The standard InChI is InChI=1S/C16H25NO3/c1-6-19-15(18)16(4,17-5)9-10-20-14-11-12(2)7-8-13(14)3/h7-8,11,17H,6,9-10H2,1-5H3. The van der Waals surface area contributed by atoms with Crippen molar-refractivity contribution in [3.63, 3.8) is 0 Å². The van der Waals surface area contributed by atoms with Crippen LogP contribution >= 0.6 is 0 Å². The molecule has 0 saturated heterocycles. The molecule has 1 rings (SSSR count). The van der Waals surface area contributed by atoms with E-state index in [0.29, 0.717) is 19.6 Å². The summed E-state index contributed by atoms with van der Waals surface area (Å²) in [6.07, 6.45) is 0.551. The van der Waals surface area contributed by atoms with Crippen molar-refractivity contribution in [3.05, 3.63) is 29.3 Å². The summed E-state index contributed by atoms with van der Waals surface area (Å²) in [5.74, 6) is 0.624. The van der Waals surface area contributed by atoms with Crippen molar-refractivity contribution in [2.45, 2.75) is 39.7 Å². The van der Waals surface area contributed by atoms with Gasteiger partial charge in [-0.15, -0.1) is 0 Å². The highest BCUT2D eigenvalue weighted by atomic mass is 16.5. The second-order valence-corrected chi connectivity index (χ2v) is 5.17. The SMILES string of the molecule is CCOC(=O)C(C)(CCOc1cc(C)ccc1C)NC. The molecule has 0 aliphatic carbocycles. The molecule has 1 unspecified atom stereocenters. The molecule has 0 aromatic heterocycles. The fourth-order valence-corrected chi connectivity index (χ4v) is 1.85. The van der Waals surface area contributed by atoms with Crippen molar-refractivity contribution in [1.29, 1.82) is 0 Å². The van der Waals surface area contributed by atoms with E-state index < -0.39 is 5.54 Å². The summed E-state index contributed by atoms with van der Waals surface area (Å²) in [6, 6.07) is 6.10. The third-order valence-electron chi connectivity index (χ3n) is 3.48. The number of rotatable bonds is 7. The Morgan fingerprint density at radius 3 is 2.65 bits per heavy atom. The van der Waals surface area contributed by atoms with Crippen LogP contribution < -0.4 is 10.1 Å². The predicted molar refractivity (Wildman–Crippen MR) is 80.1 cm³/mol. The molecular formula is C16H25NO3. The van der Waals surface area contributed by atoms with Crippen LogP contribution in [0.1, 0.15) is 31.4 Å². The Kier molecular flexibility index (Phi) is 6.02. The van der Waals surface area contributed by atoms with Crippen molar-refractivity contribution in [2.24, 2.45) is 0 Å². The molecule has 1 aromatic rings. The lowest BCUT2D eigenvalue weighted by molar-refractivity contribution is -0.150. The summed E-state index contributed by atoms with van der Waals surface area (Å²) in [6.45, 7) is 8.52. The number of nitrogens with one attached hydrogen (secondary N) is 1. The highest BCUT2D eigenvalue weighted by Crippen LogP contribution is 2.20. The number of likely N-dealkylation sites (N-methyl/N-ethyl adjacent to an activating group) is 1. The highest BCUT2D eigenvalue weighted by molar-refractivity contribution is 5.80.